The first-order chi connectivity index (χ1) is 9.44. The van der Waals surface area contributed by atoms with E-state index in [2.05, 4.69) is 13.8 Å². The molecule has 5 nitrogen and oxygen atoms in total. The van der Waals surface area contributed by atoms with Gasteiger partial charge in [-0.1, -0.05) is 13.8 Å². The first kappa shape index (κ1) is 15.3. The zero-order valence-electron chi connectivity index (χ0n) is 12.5. The predicted octanol–water partition coefficient (Wildman–Crippen LogP) is 1.29. The Morgan fingerprint density at radius 3 is 2.25 bits per heavy atom. The number of piperidine rings is 1. The minimum atomic E-state index is -0.848. The molecule has 2 atom stereocenters. The van der Waals surface area contributed by atoms with Gasteiger partial charge in [0.15, 0.2) is 0 Å². The summed E-state index contributed by atoms with van der Waals surface area (Å²) in [6, 6.07) is 0. The molecule has 5 heteroatoms. The van der Waals surface area contributed by atoms with Crippen molar-refractivity contribution in [3.63, 3.8) is 0 Å². The summed E-state index contributed by atoms with van der Waals surface area (Å²) in [7, 11) is 0. The van der Waals surface area contributed by atoms with Gasteiger partial charge in [0.1, 0.15) is 0 Å². The van der Waals surface area contributed by atoms with Gasteiger partial charge < -0.3 is 10.0 Å². The van der Waals surface area contributed by atoms with E-state index >= 15 is 0 Å². The molecule has 0 aromatic heterocycles. The van der Waals surface area contributed by atoms with Gasteiger partial charge in [-0.2, -0.15) is 0 Å². The van der Waals surface area contributed by atoms with E-state index in [9.17, 15) is 9.59 Å². The van der Waals surface area contributed by atoms with Gasteiger partial charge in [0, 0.05) is 19.6 Å². The molecule has 0 spiro atoms. The third-order valence-electron chi connectivity index (χ3n) is 4.15. The fourth-order valence-corrected chi connectivity index (χ4v) is 3.20. The highest BCUT2D eigenvalue weighted by Gasteiger charge is 2.29. The summed E-state index contributed by atoms with van der Waals surface area (Å²) >= 11 is 0. The fourth-order valence-electron chi connectivity index (χ4n) is 3.20. The second kappa shape index (κ2) is 6.57. The van der Waals surface area contributed by atoms with E-state index in [-0.39, 0.29) is 19.0 Å². The van der Waals surface area contributed by atoms with Crippen molar-refractivity contribution in [2.45, 2.75) is 33.1 Å². The van der Waals surface area contributed by atoms with Crippen LogP contribution in [-0.4, -0.2) is 59.5 Å². The Labute approximate surface area is 120 Å². The molecule has 0 bridgehead atoms. The van der Waals surface area contributed by atoms with Gasteiger partial charge in [0.05, 0.1) is 13.1 Å². The second-order valence-electron chi connectivity index (χ2n) is 6.75. The third kappa shape index (κ3) is 4.78. The smallest absolute Gasteiger partial charge is 0.317 e. The van der Waals surface area contributed by atoms with Crippen LogP contribution in [0.1, 0.15) is 33.1 Å². The molecule has 2 rings (SSSR count). The van der Waals surface area contributed by atoms with Crippen LogP contribution in [0.2, 0.25) is 0 Å². The summed E-state index contributed by atoms with van der Waals surface area (Å²) in [6.45, 7) is 6.95. The van der Waals surface area contributed by atoms with Crippen LogP contribution in [0.15, 0.2) is 0 Å². The highest BCUT2D eigenvalue weighted by Crippen LogP contribution is 2.29. The number of carbonyl (C=O) groups excluding carboxylic acids is 1. The van der Waals surface area contributed by atoms with Crippen molar-refractivity contribution in [2.24, 2.45) is 17.8 Å². The summed E-state index contributed by atoms with van der Waals surface area (Å²) in [4.78, 5) is 27.0. The van der Waals surface area contributed by atoms with Crippen molar-refractivity contribution in [2.75, 3.05) is 32.7 Å². The average Bonchev–Trinajstić information content (AvgIpc) is 3.10. The van der Waals surface area contributed by atoms with E-state index < -0.39 is 5.97 Å². The highest BCUT2D eigenvalue weighted by atomic mass is 16.4. The van der Waals surface area contributed by atoms with Crippen LogP contribution in [0.4, 0.5) is 0 Å². The van der Waals surface area contributed by atoms with Crippen LogP contribution in [0.3, 0.4) is 0 Å². The number of carboxylic acids is 1. The Kier molecular flexibility index (Phi) is 5.02. The van der Waals surface area contributed by atoms with E-state index in [0.717, 1.165) is 19.6 Å². The van der Waals surface area contributed by atoms with Crippen molar-refractivity contribution in [3.05, 3.63) is 0 Å². The lowest BCUT2D eigenvalue weighted by molar-refractivity contribution is -0.140. The molecule has 1 saturated heterocycles. The van der Waals surface area contributed by atoms with Crippen molar-refractivity contribution in [1.82, 2.24) is 9.80 Å². The lowest BCUT2D eigenvalue weighted by Gasteiger charge is -2.36. The lowest BCUT2D eigenvalue weighted by Crippen LogP contribution is -2.48. The topological polar surface area (TPSA) is 60.9 Å². The maximum atomic E-state index is 12.4. The molecule has 2 aliphatic rings. The van der Waals surface area contributed by atoms with Crippen molar-refractivity contribution in [1.29, 1.82) is 0 Å². The molecule has 1 heterocycles. The largest absolute Gasteiger partial charge is 0.480 e. The molecular formula is C15H26N2O3. The number of nitrogens with zero attached hydrogens (tertiary/aromatic N) is 2. The maximum absolute atomic E-state index is 12.4. The normalized spacial score (nSPS) is 26.9. The van der Waals surface area contributed by atoms with Crippen LogP contribution in [0, 0.1) is 17.8 Å². The number of carbonyl (C=O) groups is 2. The Morgan fingerprint density at radius 1 is 1.15 bits per heavy atom. The van der Waals surface area contributed by atoms with Crippen molar-refractivity contribution < 1.29 is 14.7 Å². The Bertz CT molecular complexity index is 358. The monoisotopic (exact) mass is 282 g/mol. The summed E-state index contributed by atoms with van der Waals surface area (Å²) in [5.74, 6) is 0.920. The molecule has 1 saturated carbocycles. The molecule has 1 N–H and O–H groups in total. The van der Waals surface area contributed by atoms with Crippen LogP contribution in [0.5, 0.6) is 0 Å². The Hall–Kier alpha value is -1.10. The maximum Gasteiger partial charge on any atom is 0.317 e. The molecule has 2 fully saturated rings. The third-order valence-corrected chi connectivity index (χ3v) is 4.15. The first-order valence-electron chi connectivity index (χ1n) is 7.66. The van der Waals surface area contributed by atoms with Gasteiger partial charge in [-0.05, 0) is 37.0 Å². The van der Waals surface area contributed by atoms with Crippen molar-refractivity contribution in [3.8, 4) is 0 Å². The van der Waals surface area contributed by atoms with Gasteiger partial charge in [0.2, 0.25) is 5.91 Å². The number of rotatable bonds is 6. The van der Waals surface area contributed by atoms with Crippen LogP contribution >= 0.6 is 0 Å². The number of aliphatic carboxylic acids is 1. The van der Waals surface area contributed by atoms with E-state index in [1.54, 1.807) is 4.90 Å². The van der Waals surface area contributed by atoms with E-state index in [1.807, 2.05) is 4.90 Å². The minimum Gasteiger partial charge on any atom is -0.480 e. The summed E-state index contributed by atoms with van der Waals surface area (Å²) in [5, 5.41) is 8.96. The van der Waals surface area contributed by atoms with Crippen LogP contribution in [0.25, 0.3) is 0 Å². The first-order valence-corrected chi connectivity index (χ1v) is 7.66. The summed E-state index contributed by atoms with van der Waals surface area (Å²) < 4.78 is 0. The number of likely N-dealkylation sites (tertiary alicyclic amines) is 1. The Balaban J connectivity index is 1.87. The molecule has 1 aliphatic heterocycles. The van der Waals surface area contributed by atoms with E-state index in [1.165, 1.54) is 19.3 Å². The number of amides is 1. The zero-order chi connectivity index (χ0) is 14.7. The SMILES string of the molecule is CC1CC(C)CN(C(=O)CN(CC(=O)O)CC2CC2)C1. The fraction of sp³-hybridized carbons (Fsp3) is 0.867. The summed E-state index contributed by atoms with van der Waals surface area (Å²) in [5.41, 5.74) is 0. The van der Waals surface area contributed by atoms with Crippen LogP contribution in [-0.2, 0) is 9.59 Å². The second-order valence-corrected chi connectivity index (χ2v) is 6.75. The van der Waals surface area contributed by atoms with Gasteiger partial charge in [-0.3, -0.25) is 14.5 Å². The predicted molar refractivity (Wildman–Crippen MR) is 76.3 cm³/mol. The quantitative estimate of drug-likeness (QED) is 0.797. The van der Waals surface area contributed by atoms with Gasteiger partial charge >= 0.3 is 5.97 Å². The van der Waals surface area contributed by atoms with E-state index in [4.69, 9.17) is 5.11 Å². The van der Waals surface area contributed by atoms with Gasteiger partial charge in [-0.15, -0.1) is 0 Å². The molecule has 20 heavy (non-hydrogen) atoms. The standard InChI is InChI=1S/C15H26N2O3/c1-11-5-12(2)7-17(6-11)14(18)9-16(10-15(19)20)8-13-3-4-13/h11-13H,3-10H2,1-2H3,(H,19,20). The molecule has 1 aliphatic carbocycles. The van der Waals surface area contributed by atoms with Gasteiger partial charge in [-0.25, -0.2) is 0 Å². The van der Waals surface area contributed by atoms with Crippen molar-refractivity contribution >= 4 is 11.9 Å². The molecule has 0 aromatic rings. The molecule has 114 valence electrons. The number of hydrogen-bond donors (Lipinski definition) is 1. The number of hydrogen-bond acceptors (Lipinski definition) is 3. The number of carboxylic acid groups (broad SMARTS) is 1. The van der Waals surface area contributed by atoms with E-state index in [0.29, 0.717) is 17.8 Å². The molecule has 1 amide bonds. The molecular weight excluding hydrogens is 256 g/mol. The molecule has 0 radical (unpaired) electrons. The van der Waals surface area contributed by atoms with Gasteiger partial charge in [0.25, 0.3) is 0 Å². The minimum absolute atomic E-state index is 0.0266. The zero-order valence-corrected chi connectivity index (χ0v) is 12.5. The Morgan fingerprint density at radius 2 is 1.75 bits per heavy atom. The molecule has 0 aromatic carbocycles. The molecule has 2 unspecified atom stereocenters. The summed E-state index contributed by atoms with van der Waals surface area (Å²) in [6.07, 6.45) is 3.51. The lowest BCUT2D eigenvalue weighted by atomic mass is 9.92. The highest BCUT2D eigenvalue weighted by molar-refractivity contribution is 5.79. The average molecular weight is 282 g/mol. The van der Waals surface area contributed by atoms with Crippen LogP contribution < -0.4 is 0 Å².